The number of carboxylic acid groups (broad SMARTS) is 2. The molecule has 7 heteroatoms. The summed E-state index contributed by atoms with van der Waals surface area (Å²) >= 11 is 0. The number of carbonyl (C=O) groups is 2. The highest BCUT2D eigenvalue weighted by molar-refractivity contribution is 5.85. The van der Waals surface area contributed by atoms with Crippen LogP contribution in [0, 0.1) is 0 Å². The molecule has 1 aromatic rings. The fourth-order valence-electron chi connectivity index (χ4n) is 1.40. The van der Waals surface area contributed by atoms with Crippen LogP contribution in [0.2, 0.25) is 0 Å². The van der Waals surface area contributed by atoms with E-state index < -0.39 is 30.1 Å². The maximum Gasteiger partial charge on any atom is 0.139 e. The van der Waals surface area contributed by atoms with Gasteiger partial charge < -0.3 is 35.1 Å². The molecule has 0 amide bonds. The Bertz CT molecular complexity index is 453. The van der Waals surface area contributed by atoms with Crippen molar-refractivity contribution in [1.29, 1.82) is 0 Å². The highest BCUT2D eigenvalue weighted by atomic mass is 16.4. The molecule has 0 aliphatic carbocycles. The molecular formula is C11H10O7-2. The Morgan fingerprint density at radius 1 is 1.22 bits per heavy atom. The number of phenols is 1. The molecule has 0 aliphatic rings. The number of aliphatic carboxylic acids is 2. The summed E-state index contributed by atoms with van der Waals surface area (Å²) in [6.45, 7) is 0. The van der Waals surface area contributed by atoms with E-state index in [2.05, 4.69) is 0 Å². The van der Waals surface area contributed by atoms with Crippen LogP contribution in [0.25, 0.3) is 0 Å². The summed E-state index contributed by atoms with van der Waals surface area (Å²) in [6, 6.07) is 4.98. The van der Waals surface area contributed by atoms with Gasteiger partial charge in [-0.25, -0.2) is 0 Å². The minimum absolute atomic E-state index is 0.0869. The Balaban J connectivity index is 3.03. The van der Waals surface area contributed by atoms with Crippen LogP contribution >= 0.6 is 0 Å². The van der Waals surface area contributed by atoms with Gasteiger partial charge in [0.1, 0.15) is 17.5 Å². The first-order chi connectivity index (χ1) is 8.27. The second-order valence-corrected chi connectivity index (χ2v) is 3.78. The molecule has 1 aromatic carbocycles. The molecule has 0 saturated carbocycles. The van der Waals surface area contributed by atoms with Crippen LogP contribution in [0.15, 0.2) is 24.3 Å². The lowest BCUT2D eigenvalue weighted by Crippen LogP contribution is -2.62. The van der Waals surface area contributed by atoms with Gasteiger partial charge in [0.05, 0.1) is 11.9 Å². The maximum absolute atomic E-state index is 10.8. The molecular weight excluding hydrogens is 244 g/mol. The van der Waals surface area contributed by atoms with Crippen LogP contribution in [0.1, 0.15) is 5.56 Å². The second-order valence-electron chi connectivity index (χ2n) is 3.78. The van der Waals surface area contributed by atoms with Crippen molar-refractivity contribution in [2.24, 2.45) is 0 Å². The number of aromatic hydroxyl groups is 1. The lowest BCUT2D eigenvalue weighted by Gasteiger charge is -2.34. The van der Waals surface area contributed by atoms with Crippen molar-refractivity contribution in [1.82, 2.24) is 0 Å². The smallest absolute Gasteiger partial charge is 0.139 e. The molecule has 0 unspecified atom stereocenters. The first-order valence-corrected chi connectivity index (χ1v) is 4.88. The quantitative estimate of drug-likeness (QED) is 0.495. The summed E-state index contributed by atoms with van der Waals surface area (Å²) in [7, 11) is 0. The van der Waals surface area contributed by atoms with Crippen molar-refractivity contribution < 1.29 is 35.1 Å². The summed E-state index contributed by atoms with van der Waals surface area (Å²) in [4.78, 5) is 21.2. The number of phenolic OH excluding ortho intramolecular Hbond substituents is 1. The standard InChI is InChI=1S/C11H12O7/c12-7-3-1-6(2-4-7)5-11(18,10(16)17)8(13)9(14)15/h1-4,8,12-13,18H,5H2,(H,14,15)(H,16,17)/p-2/t8-,11-/m1/s1. The Kier molecular flexibility index (Phi) is 3.89. The van der Waals surface area contributed by atoms with E-state index in [-0.39, 0.29) is 11.3 Å². The Hall–Kier alpha value is -2.12. The van der Waals surface area contributed by atoms with Gasteiger partial charge >= 0.3 is 0 Å². The molecule has 18 heavy (non-hydrogen) atoms. The van der Waals surface area contributed by atoms with E-state index in [0.717, 1.165) is 0 Å². The van der Waals surface area contributed by atoms with Crippen LogP contribution in [0.4, 0.5) is 0 Å². The summed E-state index contributed by atoms with van der Waals surface area (Å²) in [5.74, 6) is -4.34. The Morgan fingerprint density at radius 2 is 1.72 bits per heavy atom. The van der Waals surface area contributed by atoms with Crippen LogP contribution in [0.5, 0.6) is 5.75 Å². The van der Waals surface area contributed by atoms with Gasteiger partial charge in [-0.15, -0.1) is 0 Å². The molecule has 0 aliphatic heterocycles. The van der Waals surface area contributed by atoms with Crippen LogP contribution in [-0.2, 0) is 16.0 Å². The topological polar surface area (TPSA) is 141 Å². The van der Waals surface area contributed by atoms with Gasteiger partial charge in [-0.3, -0.25) is 0 Å². The average Bonchev–Trinajstić information content (AvgIpc) is 2.30. The second kappa shape index (κ2) is 5.03. The average molecular weight is 254 g/mol. The molecule has 0 saturated heterocycles. The molecule has 0 radical (unpaired) electrons. The van der Waals surface area contributed by atoms with Gasteiger partial charge in [0.2, 0.25) is 0 Å². The van der Waals surface area contributed by atoms with E-state index in [0.29, 0.717) is 0 Å². The molecule has 0 spiro atoms. The molecule has 0 aromatic heterocycles. The van der Waals surface area contributed by atoms with Crippen molar-refractivity contribution in [3.63, 3.8) is 0 Å². The summed E-state index contributed by atoms with van der Waals surface area (Å²) in [5, 5.41) is 49.0. The fourth-order valence-corrected chi connectivity index (χ4v) is 1.40. The zero-order chi connectivity index (χ0) is 13.9. The maximum atomic E-state index is 10.8. The zero-order valence-electron chi connectivity index (χ0n) is 9.07. The third-order valence-corrected chi connectivity index (χ3v) is 2.44. The van der Waals surface area contributed by atoms with Crippen LogP contribution in [0.3, 0.4) is 0 Å². The highest BCUT2D eigenvalue weighted by Crippen LogP contribution is 2.19. The van der Waals surface area contributed by atoms with Gasteiger partial charge in [0.25, 0.3) is 0 Å². The number of rotatable bonds is 5. The third-order valence-electron chi connectivity index (χ3n) is 2.44. The van der Waals surface area contributed by atoms with Crippen molar-refractivity contribution in [2.75, 3.05) is 0 Å². The highest BCUT2D eigenvalue weighted by Gasteiger charge is 2.38. The van der Waals surface area contributed by atoms with E-state index in [9.17, 15) is 24.9 Å². The van der Waals surface area contributed by atoms with E-state index in [1.165, 1.54) is 24.3 Å². The van der Waals surface area contributed by atoms with Crippen molar-refractivity contribution in [3.8, 4) is 5.75 Å². The van der Waals surface area contributed by atoms with Crippen molar-refractivity contribution in [3.05, 3.63) is 29.8 Å². The summed E-state index contributed by atoms with van der Waals surface area (Å²) in [6.07, 6.45) is -3.33. The molecule has 2 atom stereocenters. The SMILES string of the molecule is O=C([O-])[C@@H](O)[C@](O)(Cc1ccc(O)cc1)C(=O)[O-]. The predicted molar refractivity (Wildman–Crippen MR) is 52.8 cm³/mol. The molecule has 0 fully saturated rings. The number of hydrogen-bond donors (Lipinski definition) is 3. The predicted octanol–water partition coefficient (Wildman–Crippen LogP) is -3.47. The fraction of sp³-hybridized carbons (Fsp3) is 0.273. The Labute approximate surface area is 102 Å². The number of aliphatic hydroxyl groups excluding tert-OH is 1. The van der Waals surface area contributed by atoms with Crippen LogP contribution < -0.4 is 10.2 Å². The number of carboxylic acids is 2. The monoisotopic (exact) mass is 254 g/mol. The summed E-state index contributed by atoms with van der Waals surface area (Å²) < 4.78 is 0. The van der Waals surface area contributed by atoms with Crippen LogP contribution in [-0.4, -0.2) is 39.0 Å². The molecule has 0 heterocycles. The summed E-state index contributed by atoms with van der Waals surface area (Å²) in [5.41, 5.74) is -2.81. The van der Waals surface area contributed by atoms with E-state index in [1.807, 2.05) is 0 Å². The molecule has 7 nitrogen and oxygen atoms in total. The molecule has 1 rings (SSSR count). The van der Waals surface area contributed by atoms with Gasteiger partial charge in [0.15, 0.2) is 0 Å². The first-order valence-electron chi connectivity index (χ1n) is 4.88. The molecule has 98 valence electrons. The normalized spacial score (nSPS) is 15.7. The molecule has 0 bridgehead atoms. The van der Waals surface area contributed by atoms with E-state index in [1.54, 1.807) is 0 Å². The van der Waals surface area contributed by atoms with Gasteiger partial charge in [-0.2, -0.15) is 0 Å². The Morgan fingerprint density at radius 3 is 2.11 bits per heavy atom. The van der Waals surface area contributed by atoms with E-state index >= 15 is 0 Å². The van der Waals surface area contributed by atoms with Crippen molar-refractivity contribution >= 4 is 11.9 Å². The van der Waals surface area contributed by atoms with Gasteiger partial charge in [-0.1, -0.05) is 12.1 Å². The van der Waals surface area contributed by atoms with Crippen molar-refractivity contribution in [2.45, 2.75) is 18.1 Å². The third kappa shape index (κ3) is 2.76. The van der Waals surface area contributed by atoms with Gasteiger partial charge in [0, 0.05) is 6.42 Å². The van der Waals surface area contributed by atoms with E-state index in [4.69, 9.17) is 10.2 Å². The van der Waals surface area contributed by atoms with Gasteiger partial charge in [-0.05, 0) is 17.7 Å². The number of hydrogen-bond acceptors (Lipinski definition) is 7. The zero-order valence-corrected chi connectivity index (χ0v) is 9.07. The number of aliphatic hydroxyl groups is 2. The minimum Gasteiger partial charge on any atom is -0.547 e. The minimum atomic E-state index is -3.00. The molecule has 3 N–H and O–H groups in total. The number of benzene rings is 1. The lowest BCUT2D eigenvalue weighted by molar-refractivity contribution is -0.344. The lowest BCUT2D eigenvalue weighted by atomic mass is 9.89. The number of carbonyl (C=O) groups excluding carboxylic acids is 2. The largest absolute Gasteiger partial charge is 0.547 e. The first kappa shape index (κ1) is 13.9.